The number of nitrogens with zero attached hydrogens (tertiary/aromatic N) is 2. The number of anilines is 1. The predicted molar refractivity (Wildman–Crippen MR) is 70.1 cm³/mol. The fraction of sp³-hybridized carbons (Fsp3) is 0.0714. The molecule has 2 aromatic carbocycles. The van der Waals surface area contributed by atoms with E-state index in [0.717, 1.165) is 17.7 Å². The van der Waals surface area contributed by atoms with Gasteiger partial charge in [0.15, 0.2) is 17.5 Å². The minimum Gasteiger partial charge on any atom is -0.369 e. The first kappa shape index (κ1) is 12.5. The van der Waals surface area contributed by atoms with Crippen LogP contribution in [0.3, 0.4) is 0 Å². The molecule has 0 aliphatic rings. The van der Waals surface area contributed by atoms with Gasteiger partial charge in [-0.3, -0.25) is 4.57 Å². The largest absolute Gasteiger partial charge is 0.369 e. The van der Waals surface area contributed by atoms with Crippen molar-refractivity contribution in [3.8, 4) is 5.69 Å². The summed E-state index contributed by atoms with van der Waals surface area (Å²) in [5, 5.41) is 0. The molecule has 0 saturated carbocycles. The van der Waals surface area contributed by atoms with E-state index < -0.39 is 17.5 Å². The molecule has 102 valence electrons. The highest BCUT2D eigenvalue weighted by Gasteiger charge is 2.16. The second-order valence-corrected chi connectivity index (χ2v) is 4.47. The van der Waals surface area contributed by atoms with Crippen LogP contribution in [-0.2, 0) is 0 Å². The number of aromatic nitrogens is 2. The predicted octanol–water partition coefficient (Wildman–Crippen LogP) is 3.33. The van der Waals surface area contributed by atoms with Gasteiger partial charge in [0.1, 0.15) is 0 Å². The molecule has 3 rings (SSSR count). The first-order chi connectivity index (χ1) is 9.49. The Morgan fingerprint density at radius 1 is 1.10 bits per heavy atom. The Hall–Kier alpha value is -2.50. The van der Waals surface area contributed by atoms with Crippen LogP contribution in [0.25, 0.3) is 16.7 Å². The molecule has 0 atom stereocenters. The number of nitrogens with two attached hydrogens (primary N) is 1. The maximum absolute atomic E-state index is 13.4. The van der Waals surface area contributed by atoms with Crippen LogP contribution in [0.5, 0.6) is 0 Å². The lowest BCUT2D eigenvalue weighted by Crippen LogP contribution is -2.03. The Balaban J connectivity index is 2.35. The molecule has 1 aromatic heterocycles. The van der Waals surface area contributed by atoms with E-state index in [1.165, 1.54) is 4.57 Å². The summed E-state index contributed by atoms with van der Waals surface area (Å²) in [5.41, 5.74) is 8.02. The molecule has 0 spiro atoms. The van der Waals surface area contributed by atoms with E-state index in [1.807, 2.05) is 13.0 Å². The maximum atomic E-state index is 13.4. The fourth-order valence-corrected chi connectivity index (χ4v) is 2.20. The van der Waals surface area contributed by atoms with E-state index in [-0.39, 0.29) is 11.6 Å². The molecule has 3 aromatic rings. The number of hydrogen-bond acceptors (Lipinski definition) is 2. The highest BCUT2D eigenvalue weighted by atomic mass is 19.2. The van der Waals surface area contributed by atoms with Crippen molar-refractivity contribution < 1.29 is 13.2 Å². The smallest absolute Gasteiger partial charge is 0.205 e. The third-order valence-corrected chi connectivity index (χ3v) is 3.14. The summed E-state index contributed by atoms with van der Waals surface area (Å²) >= 11 is 0. The first-order valence-corrected chi connectivity index (χ1v) is 5.87. The number of imidazole rings is 1. The standard InChI is InChI=1S/C14H10F3N3/c1-7-3-2-4-11-13(7)19-14(18)20(11)8-5-9(15)12(17)10(16)6-8/h2-6H,1H3,(H2,18,19). The summed E-state index contributed by atoms with van der Waals surface area (Å²) in [4.78, 5) is 4.17. The van der Waals surface area contributed by atoms with Crippen molar-refractivity contribution in [3.63, 3.8) is 0 Å². The van der Waals surface area contributed by atoms with Gasteiger partial charge in [0.25, 0.3) is 0 Å². The fourth-order valence-electron chi connectivity index (χ4n) is 2.20. The van der Waals surface area contributed by atoms with Crippen LogP contribution >= 0.6 is 0 Å². The van der Waals surface area contributed by atoms with E-state index in [1.54, 1.807) is 12.1 Å². The van der Waals surface area contributed by atoms with Gasteiger partial charge in [-0.05, 0) is 18.6 Å². The van der Waals surface area contributed by atoms with E-state index in [4.69, 9.17) is 5.73 Å². The van der Waals surface area contributed by atoms with Crippen molar-refractivity contribution in [2.24, 2.45) is 0 Å². The third kappa shape index (κ3) is 1.72. The number of hydrogen-bond donors (Lipinski definition) is 1. The SMILES string of the molecule is Cc1cccc2c1nc(N)n2-c1cc(F)c(F)c(F)c1. The number of fused-ring (bicyclic) bond motifs is 1. The molecule has 2 N–H and O–H groups in total. The number of aryl methyl sites for hydroxylation is 1. The minimum atomic E-state index is -1.51. The second kappa shape index (κ2) is 4.26. The van der Waals surface area contributed by atoms with Crippen molar-refractivity contribution in [2.45, 2.75) is 6.92 Å². The zero-order chi connectivity index (χ0) is 14.4. The highest BCUT2D eigenvalue weighted by molar-refractivity contribution is 5.83. The molecular weight excluding hydrogens is 267 g/mol. The van der Waals surface area contributed by atoms with Crippen LogP contribution in [0.15, 0.2) is 30.3 Å². The van der Waals surface area contributed by atoms with Gasteiger partial charge in [0.2, 0.25) is 5.95 Å². The van der Waals surface area contributed by atoms with Gasteiger partial charge in [-0.1, -0.05) is 12.1 Å². The minimum absolute atomic E-state index is 0.0831. The van der Waals surface area contributed by atoms with Crippen LogP contribution in [0.1, 0.15) is 5.56 Å². The van der Waals surface area contributed by atoms with Gasteiger partial charge in [0, 0.05) is 12.1 Å². The second-order valence-electron chi connectivity index (χ2n) is 4.47. The van der Waals surface area contributed by atoms with Gasteiger partial charge in [0.05, 0.1) is 16.7 Å². The van der Waals surface area contributed by atoms with Gasteiger partial charge in [-0.15, -0.1) is 0 Å². The monoisotopic (exact) mass is 277 g/mol. The molecule has 6 heteroatoms. The average Bonchev–Trinajstić information content (AvgIpc) is 2.73. The van der Waals surface area contributed by atoms with E-state index >= 15 is 0 Å². The summed E-state index contributed by atoms with van der Waals surface area (Å²) in [6.07, 6.45) is 0. The van der Waals surface area contributed by atoms with E-state index in [0.29, 0.717) is 11.0 Å². The zero-order valence-corrected chi connectivity index (χ0v) is 10.5. The molecular formula is C14H10F3N3. The Bertz CT molecular complexity index is 801. The highest BCUT2D eigenvalue weighted by Crippen LogP contribution is 2.26. The summed E-state index contributed by atoms with van der Waals surface area (Å²) < 4.78 is 41.1. The van der Waals surface area contributed by atoms with E-state index in [2.05, 4.69) is 4.98 Å². The maximum Gasteiger partial charge on any atom is 0.205 e. The van der Waals surface area contributed by atoms with Crippen LogP contribution in [-0.4, -0.2) is 9.55 Å². The van der Waals surface area contributed by atoms with E-state index in [9.17, 15) is 13.2 Å². The summed E-state index contributed by atoms with van der Waals surface area (Å²) in [6.45, 7) is 1.85. The third-order valence-electron chi connectivity index (χ3n) is 3.14. The molecule has 0 aliphatic heterocycles. The van der Waals surface area contributed by atoms with Crippen molar-refractivity contribution in [2.75, 3.05) is 5.73 Å². The number of nitrogen functional groups attached to an aromatic ring is 1. The number of benzene rings is 2. The number of para-hydroxylation sites is 1. The number of rotatable bonds is 1. The Labute approximate surface area is 112 Å². The lowest BCUT2D eigenvalue weighted by molar-refractivity contribution is 0.446. The molecule has 3 nitrogen and oxygen atoms in total. The van der Waals surface area contributed by atoms with Crippen LogP contribution in [0, 0.1) is 24.4 Å². The molecule has 20 heavy (non-hydrogen) atoms. The molecule has 0 radical (unpaired) electrons. The lowest BCUT2D eigenvalue weighted by Gasteiger charge is -2.07. The van der Waals surface area contributed by atoms with Crippen LogP contribution < -0.4 is 5.73 Å². The van der Waals surface area contributed by atoms with Gasteiger partial charge >= 0.3 is 0 Å². The molecule has 0 aliphatic carbocycles. The van der Waals surface area contributed by atoms with Crippen LogP contribution in [0.2, 0.25) is 0 Å². The Morgan fingerprint density at radius 2 is 1.75 bits per heavy atom. The molecule has 0 saturated heterocycles. The first-order valence-electron chi connectivity index (χ1n) is 5.87. The van der Waals surface area contributed by atoms with Gasteiger partial charge < -0.3 is 5.73 Å². The van der Waals surface area contributed by atoms with Crippen molar-refractivity contribution in [3.05, 3.63) is 53.3 Å². The van der Waals surface area contributed by atoms with Gasteiger partial charge in [-0.25, -0.2) is 18.2 Å². The molecule has 1 heterocycles. The summed E-state index contributed by atoms with van der Waals surface area (Å²) in [7, 11) is 0. The molecule has 0 fully saturated rings. The molecule has 0 amide bonds. The summed E-state index contributed by atoms with van der Waals surface area (Å²) in [6, 6.07) is 7.14. The Kier molecular flexibility index (Phi) is 2.67. The molecule has 0 bridgehead atoms. The van der Waals surface area contributed by atoms with Crippen molar-refractivity contribution in [1.29, 1.82) is 0 Å². The van der Waals surface area contributed by atoms with Crippen molar-refractivity contribution in [1.82, 2.24) is 9.55 Å². The summed E-state index contributed by atoms with van der Waals surface area (Å²) in [5.74, 6) is -3.96. The Morgan fingerprint density at radius 3 is 2.40 bits per heavy atom. The topological polar surface area (TPSA) is 43.8 Å². The lowest BCUT2D eigenvalue weighted by atomic mass is 10.2. The normalized spacial score (nSPS) is 11.2. The van der Waals surface area contributed by atoms with Crippen LogP contribution in [0.4, 0.5) is 19.1 Å². The quantitative estimate of drug-likeness (QED) is 0.693. The number of halogens is 3. The molecule has 0 unspecified atom stereocenters. The van der Waals surface area contributed by atoms with Gasteiger partial charge in [-0.2, -0.15) is 0 Å². The zero-order valence-electron chi connectivity index (χ0n) is 10.5. The average molecular weight is 277 g/mol. The van der Waals surface area contributed by atoms with Crippen molar-refractivity contribution >= 4 is 17.0 Å².